The number of benzene rings is 2. The molecule has 1 saturated carbocycles. The van der Waals surface area contributed by atoms with Crippen molar-refractivity contribution in [3.8, 4) is 0 Å². The number of imide groups is 1. The molecule has 2 aromatic rings. The standard InChI is InChI=1S/C26H31ClN2O3/c1-16(2)20-11-9-17(3)13-23(20)32-26(31)29-22-12-10-19(27)14-21(22)25(28-15-24(29)30)18-7-5-4-6-8-18/h4-8,10,12,14,16-17,20,23,25,28H,9,11,13,15H2,1-3H3. The molecule has 0 saturated heterocycles. The molecule has 1 aliphatic heterocycles. The molecule has 0 radical (unpaired) electrons. The third kappa shape index (κ3) is 4.69. The minimum atomic E-state index is -0.598. The van der Waals surface area contributed by atoms with Gasteiger partial charge in [-0.2, -0.15) is 0 Å². The molecule has 0 spiro atoms. The van der Waals surface area contributed by atoms with E-state index >= 15 is 0 Å². The molecule has 1 aliphatic carbocycles. The summed E-state index contributed by atoms with van der Waals surface area (Å²) in [5.41, 5.74) is 2.30. The lowest BCUT2D eigenvalue weighted by atomic mass is 9.75. The molecule has 0 bridgehead atoms. The van der Waals surface area contributed by atoms with Crippen molar-refractivity contribution in [3.05, 3.63) is 64.7 Å². The number of anilines is 1. The minimum Gasteiger partial charge on any atom is -0.445 e. The monoisotopic (exact) mass is 454 g/mol. The van der Waals surface area contributed by atoms with E-state index in [2.05, 4.69) is 26.1 Å². The van der Waals surface area contributed by atoms with Crippen LogP contribution < -0.4 is 10.2 Å². The summed E-state index contributed by atoms with van der Waals surface area (Å²) < 4.78 is 6.03. The van der Waals surface area contributed by atoms with E-state index in [0.29, 0.717) is 28.5 Å². The lowest BCUT2D eigenvalue weighted by molar-refractivity contribution is -0.117. The first-order valence-corrected chi connectivity index (χ1v) is 11.8. The smallest absolute Gasteiger partial charge is 0.421 e. The molecule has 1 N–H and O–H groups in total. The number of carbonyl (C=O) groups excluding carboxylic acids is 2. The number of halogens is 1. The van der Waals surface area contributed by atoms with E-state index in [1.807, 2.05) is 36.4 Å². The summed E-state index contributed by atoms with van der Waals surface area (Å²) in [6, 6.07) is 14.9. The fourth-order valence-electron chi connectivity index (χ4n) is 5.05. The second-order valence-corrected chi connectivity index (χ2v) is 9.84. The van der Waals surface area contributed by atoms with E-state index < -0.39 is 6.09 Å². The van der Waals surface area contributed by atoms with Gasteiger partial charge in [0.05, 0.1) is 18.3 Å². The van der Waals surface area contributed by atoms with Crippen molar-refractivity contribution in [1.82, 2.24) is 5.32 Å². The summed E-state index contributed by atoms with van der Waals surface area (Å²) in [4.78, 5) is 27.7. The Bertz CT molecular complexity index is 978. The third-order valence-corrected chi connectivity index (χ3v) is 7.01. The van der Waals surface area contributed by atoms with Crippen LogP contribution >= 0.6 is 11.6 Å². The zero-order valence-corrected chi connectivity index (χ0v) is 19.6. The molecular formula is C26H31ClN2O3. The molecule has 6 heteroatoms. The van der Waals surface area contributed by atoms with Crippen molar-refractivity contribution >= 4 is 29.3 Å². The molecule has 1 heterocycles. The van der Waals surface area contributed by atoms with Gasteiger partial charge in [0.2, 0.25) is 5.91 Å². The lowest BCUT2D eigenvalue weighted by Gasteiger charge is -2.37. The summed E-state index contributed by atoms with van der Waals surface area (Å²) in [5.74, 6) is 0.882. The van der Waals surface area contributed by atoms with Crippen molar-refractivity contribution in [2.45, 2.75) is 52.2 Å². The molecule has 4 atom stereocenters. The van der Waals surface area contributed by atoms with Crippen LogP contribution in [0.5, 0.6) is 0 Å². The Morgan fingerprint density at radius 3 is 2.62 bits per heavy atom. The summed E-state index contributed by atoms with van der Waals surface area (Å²) >= 11 is 6.32. The maximum absolute atomic E-state index is 13.4. The van der Waals surface area contributed by atoms with Crippen molar-refractivity contribution in [3.63, 3.8) is 0 Å². The highest BCUT2D eigenvalue weighted by atomic mass is 35.5. The van der Waals surface area contributed by atoms with Gasteiger partial charge in [-0.05, 0) is 59.9 Å². The van der Waals surface area contributed by atoms with Gasteiger partial charge in [0.25, 0.3) is 0 Å². The van der Waals surface area contributed by atoms with Gasteiger partial charge >= 0.3 is 6.09 Å². The van der Waals surface area contributed by atoms with Crippen molar-refractivity contribution in [2.24, 2.45) is 17.8 Å². The molecule has 2 aliphatic rings. The maximum Gasteiger partial charge on any atom is 0.421 e. The quantitative estimate of drug-likeness (QED) is 0.621. The second-order valence-electron chi connectivity index (χ2n) is 9.41. The van der Waals surface area contributed by atoms with Crippen molar-refractivity contribution in [1.29, 1.82) is 0 Å². The van der Waals surface area contributed by atoms with Crippen LogP contribution in [0.4, 0.5) is 10.5 Å². The predicted octanol–water partition coefficient (Wildman–Crippen LogP) is 5.96. The van der Waals surface area contributed by atoms with Crippen molar-refractivity contribution < 1.29 is 14.3 Å². The normalized spacial score (nSPS) is 25.9. The van der Waals surface area contributed by atoms with E-state index in [0.717, 1.165) is 30.4 Å². The zero-order valence-electron chi connectivity index (χ0n) is 18.9. The van der Waals surface area contributed by atoms with E-state index in [1.165, 1.54) is 4.90 Å². The summed E-state index contributed by atoms with van der Waals surface area (Å²) in [6.07, 6.45) is 2.22. The van der Waals surface area contributed by atoms with Crippen molar-refractivity contribution in [2.75, 3.05) is 11.4 Å². The van der Waals surface area contributed by atoms with E-state index in [-0.39, 0.29) is 24.6 Å². The SMILES string of the molecule is CC1CCC(C(C)C)C(OC(=O)N2C(=O)CNC(c3ccccc3)c3cc(Cl)ccc32)C1. The number of nitrogens with one attached hydrogen (secondary N) is 1. The van der Waals surface area contributed by atoms with Crippen LogP contribution in [0.25, 0.3) is 0 Å². The maximum atomic E-state index is 13.4. The Balaban J connectivity index is 1.68. The van der Waals surface area contributed by atoms with Gasteiger partial charge in [-0.15, -0.1) is 0 Å². The first kappa shape index (κ1) is 22.8. The average molecular weight is 455 g/mol. The highest BCUT2D eigenvalue weighted by Crippen LogP contribution is 2.38. The molecular weight excluding hydrogens is 424 g/mol. The van der Waals surface area contributed by atoms with Gasteiger partial charge in [0.1, 0.15) is 6.10 Å². The van der Waals surface area contributed by atoms with Gasteiger partial charge in [-0.25, -0.2) is 9.69 Å². The largest absolute Gasteiger partial charge is 0.445 e. The highest BCUT2D eigenvalue weighted by Gasteiger charge is 2.38. The lowest BCUT2D eigenvalue weighted by Crippen LogP contribution is -2.45. The number of hydrogen-bond donors (Lipinski definition) is 1. The summed E-state index contributed by atoms with van der Waals surface area (Å²) in [6.45, 7) is 6.56. The number of fused-ring (bicyclic) bond motifs is 1. The number of nitrogens with zero attached hydrogens (tertiary/aromatic N) is 1. The molecule has 1 fully saturated rings. The molecule has 32 heavy (non-hydrogen) atoms. The fraction of sp³-hybridized carbons (Fsp3) is 0.462. The predicted molar refractivity (Wildman–Crippen MR) is 127 cm³/mol. The highest BCUT2D eigenvalue weighted by molar-refractivity contribution is 6.31. The van der Waals surface area contributed by atoms with Gasteiger partial charge < -0.3 is 4.74 Å². The van der Waals surface area contributed by atoms with Crippen LogP contribution in [0.1, 0.15) is 57.2 Å². The Kier molecular flexibility index (Phi) is 6.87. The van der Waals surface area contributed by atoms with Crippen LogP contribution in [-0.4, -0.2) is 24.6 Å². The van der Waals surface area contributed by atoms with Crippen LogP contribution in [0, 0.1) is 17.8 Å². The van der Waals surface area contributed by atoms with Crippen LogP contribution in [-0.2, 0) is 9.53 Å². The van der Waals surface area contributed by atoms with Crippen LogP contribution in [0.3, 0.4) is 0 Å². The Labute approximate surface area is 195 Å². The second kappa shape index (κ2) is 9.63. The topological polar surface area (TPSA) is 58.6 Å². The van der Waals surface area contributed by atoms with Gasteiger partial charge in [-0.1, -0.05) is 69.1 Å². The summed E-state index contributed by atoms with van der Waals surface area (Å²) in [7, 11) is 0. The van der Waals surface area contributed by atoms with E-state index in [4.69, 9.17) is 16.3 Å². The molecule has 170 valence electrons. The number of hydrogen-bond acceptors (Lipinski definition) is 4. The molecule has 2 aromatic carbocycles. The van der Waals surface area contributed by atoms with Crippen LogP contribution in [0.2, 0.25) is 5.02 Å². The molecule has 0 aromatic heterocycles. The third-order valence-electron chi connectivity index (χ3n) is 6.78. The Hall–Kier alpha value is -2.37. The summed E-state index contributed by atoms with van der Waals surface area (Å²) in [5, 5.41) is 3.85. The van der Waals surface area contributed by atoms with Gasteiger partial charge in [0.15, 0.2) is 0 Å². The van der Waals surface area contributed by atoms with Gasteiger partial charge in [-0.3, -0.25) is 10.1 Å². The number of ether oxygens (including phenoxy) is 1. The molecule has 2 amide bonds. The number of amides is 2. The Morgan fingerprint density at radius 2 is 1.91 bits per heavy atom. The van der Waals surface area contributed by atoms with E-state index in [9.17, 15) is 9.59 Å². The van der Waals surface area contributed by atoms with E-state index in [1.54, 1.807) is 12.1 Å². The first-order valence-electron chi connectivity index (χ1n) is 11.5. The fourth-order valence-corrected chi connectivity index (χ4v) is 5.23. The number of carbonyl (C=O) groups is 2. The molecule has 4 unspecified atom stereocenters. The van der Waals surface area contributed by atoms with Gasteiger partial charge in [0, 0.05) is 5.02 Å². The molecule has 5 nitrogen and oxygen atoms in total. The zero-order chi connectivity index (χ0) is 22.8. The minimum absolute atomic E-state index is 0.0235. The number of rotatable bonds is 3. The molecule has 4 rings (SSSR count). The first-order chi connectivity index (χ1) is 15.3. The average Bonchev–Trinajstić information content (AvgIpc) is 2.90. The van der Waals surface area contributed by atoms with Crippen LogP contribution in [0.15, 0.2) is 48.5 Å². The Morgan fingerprint density at radius 1 is 1.16 bits per heavy atom.